The van der Waals surface area contributed by atoms with E-state index in [9.17, 15) is 4.79 Å². The predicted octanol–water partition coefficient (Wildman–Crippen LogP) is 2.55. The fourth-order valence-corrected chi connectivity index (χ4v) is 1.85. The number of carbonyl (C=O) groups is 1. The second-order valence-corrected chi connectivity index (χ2v) is 4.32. The molecular formula is C16H17NO4. The lowest BCUT2D eigenvalue weighted by atomic mass is 10.1. The number of ether oxygens (including phenoxy) is 3. The Morgan fingerprint density at radius 2 is 1.71 bits per heavy atom. The van der Waals surface area contributed by atoms with Gasteiger partial charge in [0.1, 0.15) is 5.75 Å². The van der Waals surface area contributed by atoms with Crippen molar-refractivity contribution in [2.24, 2.45) is 0 Å². The van der Waals surface area contributed by atoms with Crippen LogP contribution in [0, 0.1) is 0 Å². The SMILES string of the molecule is COc1ccc(C(=O)COc2ccccc2N)cc1OC. The number of para-hydroxylation sites is 2. The Balaban J connectivity index is 2.09. The Hall–Kier alpha value is -2.69. The molecule has 0 spiro atoms. The molecule has 0 aliphatic carbocycles. The molecule has 0 bridgehead atoms. The number of methoxy groups -OCH3 is 2. The van der Waals surface area contributed by atoms with Crippen molar-refractivity contribution in [3.63, 3.8) is 0 Å². The van der Waals surface area contributed by atoms with E-state index in [1.807, 2.05) is 0 Å². The molecule has 2 N–H and O–H groups in total. The van der Waals surface area contributed by atoms with Gasteiger partial charge in [0.25, 0.3) is 0 Å². The molecule has 0 unspecified atom stereocenters. The van der Waals surface area contributed by atoms with Crippen molar-refractivity contribution in [3.05, 3.63) is 48.0 Å². The van der Waals surface area contributed by atoms with E-state index in [4.69, 9.17) is 19.9 Å². The zero-order valence-corrected chi connectivity index (χ0v) is 12.0. The smallest absolute Gasteiger partial charge is 0.200 e. The van der Waals surface area contributed by atoms with E-state index in [0.29, 0.717) is 28.5 Å². The molecule has 21 heavy (non-hydrogen) atoms. The van der Waals surface area contributed by atoms with Gasteiger partial charge in [0.15, 0.2) is 23.9 Å². The molecule has 5 nitrogen and oxygen atoms in total. The van der Waals surface area contributed by atoms with Crippen molar-refractivity contribution in [2.75, 3.05) is 26.6 Å². The number of nitrogen functional groups attached to an aromatic ring is 1. The second-order valence-electron chi connectivity index (χ2n) is 4.32. The van der Waals surface area contributed by atoms with E-state index in [2.05, 4.69) is 0 Å². The predicted molar refractivity (Wildman–Crippen MR) is 80.2 cm³/mol. The molecule has 5 heteroatoms. The van der Waals surface area contributed by atoms with Crippen LogP contribution in [0.3, 0.4) is 0 Å². The Kier molecular flexibility index (Phi) is 4.66. The van der Waals surface area contributed by atoms with Gasteiger partial charge >= 0.3 is 0 Å². The van der Waals surface area contributed by atoms with Crippen molar-refractivity contribution >= 4 is 11.5 Å². The number of Topliss-reactive ketones (excluding diaryl/α,β-unsaturated/α-hetero) is 1. The number of nitrogens with two attached hydrogens (primary N) is 1. The minimum absolute atomic E-state index is 0.0936. The summed E-state index contributed by atoms with van der Waals surface area (Å²) in [4.78, 5) is 12.1. The Morgan fingerprint density at radius 3 is 2.38 bits per heavy atom. The monoisotopic (exact) mass is 287 g/mol. The lowest BCUT2D eigenvalue weighted by Gasteiger charge is -2.10. The first-order chi connectivity index (χ1) is 10.2. The van der Waals surface area contributed by atoms with E-state index in [-0.39, 0.29) is 12.4 Å². The number of hydrogen-bond donors (Lipinski definition) is 1. The highest BCUT2D eigenvalue weighted by atomic mass is 16.5. The first-order valence-electron chi connectivity index (χ1n) is 6.38. The summed E-state index contributed by atoms with van der Waals surface area (Å²) in [6, 6.07) is 12.0. The van der Waals surface area contributed by atoms with Crippen LogP contribution in [0.2, 0.25) is 0 Å². The van der Waals surface area contributed by atoms with E-state index in [0.717, 1.165) is 0 Å². The number of anilines is 1. The molecule has 110 valence electrons. The topological polar surface area (TPSA) is 70.8 Å². The van der Waals surface area contributed by atoms with Gasteiger partial charge in [0.2, 0.25) is 0 Å². The number of benzene rings is 2. The van der Waals surface area contributed by atoms with Crippen molar-refractivity contribution in [1.29, 1.82) is 0 Å². The molecule has 0 aliphatic heterocycles. The van der Waals surface area contributed by atoms with Crippen LogP contribution < -0.4 is 19.9 Å². The van der Waals surface area contributed by atoms with Crippen molar-refractivity contribution < 1.29 is 19.0 Å². The van der Waals surface area contributed by atoms with Crippen LogP contribution in [0.15, 0.2) is 42.5 Å². The normalized spacial score (nSPS) is 10.0. The molecule has 0 heterocycles. The third kappa shape index (κ3) is 3.45. The highest BCUT2D eigenvalue weighted by Crippen LogP contribution is 2.28. The average molecular weight is 287 g/mol. The molecular weight excluding hydrogens is 270 g/mol. The van der Waals surface area contributed by atoms with Crippen LogP contribution in [0.5, 0.6) is 17.2 Å². The summed E-state index contributed by atoms with van der Waals surface area (Å²) in [5.74, 6) is 1.40. The van der Waals surface area contributed by atoms with Crippen LogP contribution in [0.4, 0.5) is 5.69 Å². The summed E-state index contributed by atoms with van der Waals surface area (Å²) in [6.45, 7) is -0.0936. The largest absolute Gasteiger partial charge is 0.493 e. The molecule has 0 saturated carbocycles. The third-order valence-electron chi connectivity index (χ3n) is 2.98. The molecule has 0 fully saturated rings. The highest BCUT2D eigenvalue weighted by molar-refractivity contribution is 5.97. The zero-order chi connectivity index (χ0) is 15.2. The second kappa shape index (κ2) is 6.65. The summed E-state index contributed by atoms with van der Waals surface area (Å²) in [5, 5.41) is 0. The molecule has 0 aromatic heterocycles. The fourth-order valence-electron chi connectivity index (χ4n) is 1.85. The minimum atomic E-state index is -0.167. The van der Waals surface area contributed by atoms with Gasteiger partial charge in [-0.2, -0.15) is 0 Å². The van der Waals surface area contributed by atoms with Gasteiger partial charge in [-0.25, -0.2) is 0 Å². The quantitative estimate of drug-likeness (QED) is 0.653. The third-order valence-corrected chi connectivity index (χ3v) is 2.98. The number of rotatable bonds is 6. The van der Waals surface area contributed by atoms with Crippen molar-refractivity contribution in [2.45, 2.75) is 0 Å². The molecule has 2 aromatic carbocycles. The Bertz CT molecular complexity index is 640. The lowest BCUT2D eigenvalue weighted by molar-refractivity contribution is 0.0921. The fraction of sp³-hybridized carbons (Fsp3) is 0.188. The summed E-state index contributed by atoms with van der Waals surface area (Å²) in [5.41, 5.74) is 6.74. The van der Waals surface area contributed by atoms with Gasteiger partial charge in [-0.15, -0.1) is 0 Å². The van der Waals surface area contributed by atoms with E-state index in [1.54, 1.807) is 49.6 Å². The number of carbonyl (C=O) groups excluding carboxylic acids is 1. The first kappa shape index (κ1) is 14.7. The summed E-state index contributed by atoms with van der Waals surface area (Å²) < 4.78 is 15.7. The zero-order valence-electron chi connectivity index (χ0n) is 12.0. The van der Waals surface area contributed by atoms with Gasteiger partial charge in [-0.3, -0.25) is 4.79 Å². The summed E-state index contributed by atoms with van der Waals surface area (Å²) >= 11 is 0. The number of ketones is 1. The van der Waals surface area contributed by atoms with Crippen molar-refractivity contribution in [1.82, 2.24) is 0 Å². The van der Waals surface area contributed by atoms with Crippen LogP contribution in [-0.2, 0) is 0 Å². The maximum atomic E-state index is 12.1. The summed E-state index contributed by atoms with van der Waals surface area (Å²) in [6.07, 6.45) is 0. The maximum absolute atomic E-state index is 12.1. The van der Waals surface area contributed by atoms with Crippen LogP contribution in [-0.4, -0.2) is 26.6 Å². The van der Waals surface area contributed by atoms with E-state index >= 15 is 0 Å². The van der Waals surface area contributed by atoms with Crippen molar-refractivity contribution in [3.8, 4) is 17.2 Å². The van der Waals surface area contributed by atoms with E-state index in [1.165, 1.54) is 7.11 Å². The lowest BCUT2D eigenvalue weighted by Crippen LogP contribution is -2.12. The standard InChI is InChI=1S/C16H17NO4/c1-19-15-8-7-11(9-16(15)20-2)13(18)10-21-14-6-4-3-5-12(14)17/h3-9H,10,17H2,1-2H3. The molecule has 0 atom stereocenters. The van der Waals surface area contributed by atoms with Crippen LogP contribution >= 0.6 is 0 Å². The Labute approximate surface area is 123 Å². The summed E-state index contributed by atoms with van der Waals surface area (Å²) in [7, 11) is 3.06. The Morgan fingerprint density at radius 1 is 1.00 bits per heavy atom. The maximum Gasteiger partial charge on any atom is 0.200 e. The van der Waals surface area contributed by atoms with Gasteiger partial charge in [0, 0.05) is 5.56 Å². The van der Waals surface area contributed by atoms with Gasteiger partial charge in [-0.1, -0.05) is 12.1 Å². The van der Waals surface area contributed by atoms with Gasteiger partial charge in [-0.05, 0) is 30.3 Å². The minimum Gasteiger partial charge on any atom is -0.493 e. The van der Waals surface area contributed by atoms with Gasteiger partial charge in [0.05, 0.1) is 19.9 Å². The highest BCUT2D eigenvalue weighted by Gasteiger charge is 2.12. The van der Waals surface area contributed by atoms with Crippen LogP contribution in [0.1, 0.15) is 10.4 Å². The molecule has 0 radical (unpaired) electrons. The first-order valence-corrected chi connectivity index (χ1v) is 6.38. The van der Waals surface area contributed by atoms with Crippen LogP contribution in [0.25, 0.3) is 0 Å². The molecule has 0 aliphatic rings. The van der Waals surface area contributed by atoms with Gasteiger partial charge < -0.3 is 19.9 Å². The van der Waals surface area contributed by atoms with E-state index < -0.39 is 0 Å². The number of hydrogen-bond acceptors (Lipinski definition) is 5. The molecule has 0 saturated heterocycles. The average Bonchev–Trinajstić information content (AvgIpc) is 2.53. The molecule has 2 aromatic rings. The molecule has 2 rings (SSSR count). The molecule has 0 amide bonds.